The number of para-hydroxylation sites is 1. The van der Waals surface area contributed by atoms with Crippen LogP contribution in [0.5, 0.6) is 0 Å². The summed E-state index contributed by atoms with van der Waals surface area (Å²) in [5, 5.41) is 0. The van der Waals surface area contributed by atoms with E-state index in [2.05, 4.69) is 0 Å². The summed E-state index contributed by atoms with van der Waals surface area (Å²) in [4.78, 5) is 12.9. The van der Waals surface area contributed by atoms with Gasteiger partial charge in [-0.2, -0.15) is 0 Å². The maximum absolute atomic E-state index is 13.4. The Kier molecular flexibility index (Phi) is 4.43. The Morgan fingerprint density at radius 3 is 2.62 bits per heavy atom. The van der Waals surface area contributed by atoms with Crippen molar-refractivity contribution in [3.8, 4) is 0 Å². The molecule has 4 heteroatoms. The van der Waals surface area contributed by atoms with Crippen LogP contribution >= 0.6 is 0 Å². The Balaban J connectivity index is 2.67. The standard InChI is InChI=1S/C12H16FNO2/c1-9(2)16-8-12(15)14(3)11-7-5-4-6-10(11)13/h4-7,9H,8H2,1-3H3. The van der Waals surface area contributed by atoms with E-state index in [1.807, 2.05) is 13.8 Å². The zero-order chi connectivity index (χ0) is 12.1. The van der Waals surface area contributed by atoms with Crippen molar-refractivity contribution in [2.45, 2.75) is 20.0 Å². The van der Waals surface area contributed by atoms with Gasteiger partial charge in [-0.05, 0) is 26.0 Å². The van der Waals surface area contributed by atoms with Crippen LogP contribution < -0.4 is 4.90 Å². The molecule has 0 aromatic heterocycles. The second kappa shape index (κ2) is 5.61. The molecule has 0 bridgehead atoms. The number of ether oxygens (including phenoxy) is 1. The first kappa shape index (κ1) is 12.6. The summed E-state index contributed by atoms with van der Waals surface area (Å²) in [6, 6.07) is 6.15. The largest absolute Gasteiger partial charge is 0.369 e. The van der Waals surface area contributed by atoms with Gasteiger partial charge in [-0.1, -0.05) is 12.1 Å². The van der Waals surface area contributed by atoms with E-state index in [-0.39, 0.29) is 24.3 Å². The molecule has 3 nitrogen and oxygen atoms in total. The van der Waals surface area contributed by atoms with Crippen LogP contribution in [0.1, 0.15) is 13.8 Å². The number of hydrogen-bond donors (Lipinski definition) is 0. The number of halogens is 1. The van der Waals surface area contributed by atoms with Crippen molar-refractivity contribution in [3.63, 3.8) is 0 Å². The zero-order valence-corrected chi connectivity index (χ0v) is 9.74. The highest BCUT2D eigenvalue weighted by molar-refractivity contribution is 5.93. The van der Waals surface area contributed by atoms with E-state index in [1.165, 1.54) is 18.0 Å². The highest BCUT2D eigenvalue weighted by Gasteiger charge is 2.14. The Morgan fingerprint density at radius 1 is 1.44 bits per heavy atom. The van der Waals surface area contributed by atoms with Gasteiger partial charge in [0, 0.05) is 7.05 Å². The molecule has 16 heavy (non-hydrogen) atoms. The lowest BCUT2D eigenvalue weighted by Crippen LogP contribution is -2.31. The zero-order valence-electron chi connectivity index (χ0n) is 9.74. The third kappa shape index (κ3) is 3.31. The number of likely N-dealkylation sites (N-methyl/N-ethyl adjacent to an activating group) is 1. The number of nitrogens with zero attached hydrogens (tertiary/aromatic N) is 1. The van der Waals surface area contributed by atoms with Gasteiger partial charge in [0.25, 0.3) is 5.91 Å². The van der Waals surface area contributed by atoms with Gasteiger partial charge >= 0.3 is 0 Å². The third-order valence-corrected chi connectivity index (χ3v) is 2.13. The quantitative estimate of drug-likeness (QED) is 0.786. The molecular weight excluding hydrogens is 209 g/mol. The van der Waals surface area contributed by atoms with Crippen molar-refractivity contribution >= 4 is 11.6 Å². The number of carbonyl (C=O) groups excluding carboxylic acids is 1. The fraction of sp³-hybridized carbons (Fsp3) is 0.417. The van der Waals surface area contributed by atoms with E-state index < -0.39 is 5.82 Å². The molecule has 1 aromatic rings. The Bertz CT molecular complexity index is 366. The minimum absolute atomic E-state index is 0.0158. The first-order chi connectivity index (χ1) is 7.52. The second-order valence-corrected chi connectivity index (χ2v) is 3.76. The molecule has 0 saturated heterocycles. The SMILES string of the molecule is CC(C)OCC(=O)N(C)c1ccccc1F. The molecule has 1 aromatic carbocycles. The van der Waals surface area contributed by atoms with Crippen molar-refractivity contribution in [1.82, 2.24) is 0 Å². The molecule has 0 spiro atoms. The molecule has 1 amide bonds. The molecule has 0 N–H and O–H groups in total. The minimum atomic E-state index is -0.414. The summed E-state index contributed by atoms with van der Waals surface area (Å²) in [6.07, 6.45) is -0.0158. The Hall–Kier alpha value is -1.42. The summed E-state index contributed by atoms with van der Waals surface area (Å²) >= 11 is 0. The number of amides is 1. The van der Waals surface area contributed by atoms with Crippen LogP contribution in [-0.2, 0) is 9.53 Å². The molecule has 0 saturated carbocycles. The second-order valence-electron chi connectivity index (χ2n) is 3.76. The number of carbonyl (C=O) groups is 1. The normalized spacial score (nSPS) is 10.6. The molecule has 0 heterocycles. The Labute approximate surface area is 94.8 Å². The predicted octanol–water partition coefficient (Wildman–Crippen LogP) is 2.21. The monoisotopic (exact) mass is 225 g/mol. The van der Waals surface area contributed by atoms with Crippen molar-refractivity contribution in [2.75, 3.05) is 18.6 Å². The van der Waals surface area contributed by atoms with Gasteiger partial charge in [-0.3, -0.25) is 4.79 Å². The fourth-order valence-electron chi connectivity index (χ4n) is 1.19. The topological polar surface area (TPSA) is 29.5 Å². The lowest BCUT2D eigenvalue weighted by atomic mass is 10.3. The van der Waals surface area contributed by atoms with Gasteiger partial charge in [0.1, 0.15) is 12.4 Å². The Morgan fingerprint density at radius 2 is 2.06 bits per heavy atom. The molecule has 0 aliphatic carbocycles. The summed E-state index contributed by atoms with van der Waals surface area (Å²) in [7, 11) is 1.53. The predicted molar refractivity (Wildman–Crippen MR) is 60.9 cm³/mol. The van der Waals surface area contributed by atoms with E-state index in [1.54, 1.807) is 18.2 Å². The molecule has 0 unspecified atom stereocenters. The molecule has 0 atom stereocenters. The highest BCUT2D eigenvalue weighted by atomic mass is 19.1. The van der Waals surface area contributed by atoms with Crippen LogP contribution in [0.15, 0.2) is 24.3 Å². The first-order valence-electron chi connectivity index (χ1n) is 5.15. The minimum Gasteiger partial charge on any atom is -0.369 e. The molecular formula is C12H16FNO2. The van der Waals surface area contributed by atoms with Crippen LogP contribution in [0.3, 0.4) is 0 Å². The number of hydrogen-bond acceptors (Lipinski definition) is 2. The number of rotatable bonds is 4. The van der Waals surface area contributed by atoms with Gasteiger partial charge in [-0.15, -0.1) is 0 Å². The van der Waals surface area contributed by atoms with Crippen molar-refractivity contribution in [2.24, 2.45) is 0 Å². The van der Waals surface area contributed by atoms with E-state index in [4.69, 9.17) is 4.74 Å². The summed E-state index contributed by atoms with van der Waals surface area (Å²) in [5.74, 6) is -0.679. The van der Waals surface area contributed by atoms with Gasteiger partial charge < -0.3 is 9.64 Å². The smallest absolute Gasteiger partial charge is 0.252 e. The maximum Gasteiger partial charge on any atom is 0.252 e. The van der Waals surface area contributed by atoms with Crippen LogP contribution in [-0.4, -0.2) is 25.7 Å². The number of benzene rings is 1. The van der Waals surface area contributed by atoms with Gasteiger partial charge in [0.2, 0.25) is 0 Å². The van der Waals surface area contributed by atoms with E-state index in [0.29, 0.717) is 0 Å². The van der Waals surface area contributed by atoms with Crippen LogP contribution in [0.4, 0.5) is 10.1 Å². The highest BCUT2D eigenvalue weighted by Crippen LogP contribution is 2.17. The van der Waals surface area contributed by atoms with Crippen LogP contribution in [0, 0.1) is 5.82 Å². The lowest BCUT2D eigenvalue weighted by molar-refractivity contribution is -0.124. The van der Waals surface area contributed by atoms with Crippen molar-refractivity contribution < 1.29 is 13.9 Å². The van der Waals surface area contributed by atoms with E-state index >= 15 is 0 Å². The third-order valence-electron chi connectivity index (χ3n) is 2.13. The molecule has 1 rings (SSSR count). The number of anilines is 1. The van der Waals surface area contributed by atoms with E-state index in [0.717, 1.165) is 0 Å². The van der Waals surface area contributed by atoms with Crippen LogP contribution in [0.25, 0.3) is 0 Å². The van der Waals surface area contributed by atoms with Crippen LogP contribution in [0.2, 0.25) is 0 Å². The average molecular weight is 225 g/mol. The van der Waals surface area contributed by atoms with Gasteiger partial charge in [-0.25, -0.2) is 4.39 Å². The average Bonchev–Trinajstić information content (AvgIpc) is 2.25. The fourth-order valence-corrected chi connectivity index (χ4v) is 1.19. The van der Waals surface area contributed by atoms with Gasteiger partial charge in [0.15, 0.2) is 0 Å². The lowest BCUT2D eigenvalue weighted by Gasteiger charge is -2.18. The van der Waals surface area contributed by atoms with E-state index in [9.17, 15) is 9.18 Å². The molecule has 0 aliphatic rings. The first-order valence-corrected chi connectivity index (χ1v) is 5.15. The molecule has 88 valence electrons. The summed E-state index contributed by atoms with van der Waals surface area (Å²) in [6.45, 7) is 3.65. The summed E-state index contributed by atoms with van der Waals surface area (Å²) < 4.78 is 18.5. The molecule has 0 fully saturated rings. The van der Waals surface area contributed by atoms with Gasteiger partial charge in [0.05, 0.1) is 11.8 Å². The van der Waals surface area contributed by atoms with Crippen molar-refractivity contribution in [3.05, 3.63) is 30.1 Å². The maximum atomic E-state index is 13.4. The molecule has 0 aliphatic heterocycles. The molecule has 0 radical (unpaired) electrons. The van der Waals surface area contributed by atoms with Crippen molar-refractivity contribution in [1.29, 1.82) is 0 Å². The summed E-state index contributed by atoms with van der Waals surface area (Å²) in [5.41, 5.74) is 0.264.